The lowest BCUT2D eigenvalue weighted by Crippen LogP contribution is -2.31. The van der Waals surface area contributed by atoms with Gasteiger partial charge in [0.05, 0.1) is 10.5 Å². The van der Waals surface area contributed by atoms with Gasteiger partial charge in [-0.25, -0.2) is 22.2 Å². The first-order valence-corrected chi connectivity index (χ1v) is 9.11. The van der Waals surface area contributed by atoms with Gasteiger partial charge in [-0.3, -0.25) is 4.79 Å². The Balaban J connectivity index is 1.80. The van der Waals surface area contributed by atoms with Crippen LogP contribution in [0.25, 0.3) is 5.69 Å². The first-order valence-electron chi connectivity index (χ1n) is 7.63. The second-order valence-corrected chi connectivity index (χ2v) is 7.24. The Hall–Kier alpha value is -3.21. The summed E-state index contributed by atoms with van der Waals surface area (Å²) < 4.78 is 78.6. The Bertz CT molecular complexity index is 1120. The molecule has 0 spiro atoms. The minimum absolute atomic E-state index is 0.0483. The van der Waals surface area contributed by atoms with Gasteiger partial charge in [-0.1, -0.05) is 12.1 Å². The highest BCUT2D eigenvalue weighted by Crippen LogP contribution is 2.29. The lowest BCUT2D eigenvalue weighted by molar-refractivity contribution is -0.137. The molecule has 146 valence electrons. The van der Waals surface area contributed by atoms with Crippen molar-refractivity contribution in [3.8, 4) is 5.69 Å². The number of carbonyl (C=O) groups excluding carboxylic acids is 1. The number of amides is 1. The molecule has 0 saturated heterocycles. The first-order chi connectivity index (χ1) is 13.1. The van der Waals surface area contributed by atoms with E-state index in [1.54, 1.807) is 10.8 Å². The standard InChI is InChI=1S/C17H11F4N3O3S/c18-13-3-1-2-4-15(13)24-10-9-14(22-24)16(25)23-28(26,27)12-7-5-11(6-8-12)17(19,20)21/h1-10H,(H,23,25). The van der Waals surface area contributed by atoms with E-state index < -0.39 is 38.4 Å². The normalized spacial score (nSPS) is 12.0. The van der Waals surface area contributed by atoms with E-state index in [0.29, 0.717) is 12.1 Å². The predicted molar refractivity (Wildman–Crippen MR) is 89.6 cm³/mol. The molecule has 3 aromatic rings. The van der Waals surface area contributed by atoms with Gasteiger partial charge >= 0.3 is 6.18 Å². The molecule has 0 aliphatic heterocycles. The third-order valence-corrected chi connectivity index (χ3v) is 4.99. The summed E-state index contributed by atoms with van der Waals surface area (Å²) in [5, 5.41) is 3.82. The number of carbonyl (C=O) groups is 1. The van der Waals surface area contributed by atoms with Gasteiger partial charge in [-0.2, -0.15) is 18.3 Å². The number of hydrogen-bond acceptors (Lipinski definition) is 4. The number of nitrogens with one attached hydrogen (secondary N) is 1. The Kier molecular flexibility index (Phi) is 4.94. The van der Waals surface area contributed by atoms with E-state index in [9.17, 15) is 30.8 Å². The van der Waals surface area contributed by atoms with Gasteiger partial charge in [-0.05, 0) is 42.5 Å². The van der Waals surface area contributed by atoms with Crippen molar-refractivity contribution in [1.82, 2.24) is 14.5 Å². The maximum Gasteiger partial charge on any atom is 0.416 e. The van der Waals surface area contributed by atoms with Crippen molar-refractivity contribution >= 4 is 15.9 Å². The fourth-order valence-corrected chi connectivity index (χ4v) is 3.23. The number of halogens is 4. The Labute approximate surface area is 156 Å². The lowest BCUT2D eigenvalue weighted by atomic mass is 10.2. The molecule has 0 aliphatic carbocycles. The molecule has 0 bridgehead atoms. The van der Waals surface area contributed by atoms with Gasteiger partial charge < -0.3 is 0 Å². The summed E-state index contributed by atoms with van der Waals surface area (Å²) in [7, 11) is -4.42. The van der Waals surface area contributed by atoms with Gasteiger partial charge in [0.2, 0.25) is 0 Å². The molecule has 0 radical (unpaired) electrons. The fraction of sp³-hybridized carbons (Fsp3) is 0.0588. The summed E-state index contributed by atoms with van der Waals surface area (Å²) in [6, 6.07) is 9.42. The maximum absolute atomic E-state index is 13.8. The summed E-state index contributed by atoms with van der Waals surface area (Å²) in [6.45, 7) is 0. The highest BCUT2D eigenvalue weighted by molar-refractivity contribution is 7.90. The topological polar surface area (TPSA) is 81.1 Å². The van der Waals surface area contributed by atoms with Gasteiger partial charge in [0, 0.05) is 6.20 Å². The van der Waals surface area contributed by atoms with Crippen molar-refractivity contribution in [2.24, 2.45) is 0 Å². The van der Waals surface area contributed by atoms with Crippen LogP contribution in [0.1, 0.15) is 16.1 Å². The summed E-state index contributed by atoms with van der Waals surface area (Å²) >= 11 is 0. The Morgan fingerprint density at radius 2 is 1.64 bits per heavy atom. The molecule has 0 fully saturated rings. The molecule has 1 heterocycles. The number of aromatic nitrogens is 2. The zero-order valence-corrected chi connectivity index (χ0v) is 14.6. The molecule has 0 saturated carbocycles. The molecule has 1 N–H and O–H groups in total. The average molecular weight is 413 g/mol. The predicted octanol–water partition coefficient (Wildman–Crippen LogP) is 3.15. The van der Waals surface area contributed by atoms with Crippen molar-refractivity contribution in [3.05, 3.63) is 77.9 Å². The summed E-state index contributed by atoms with van der Waals surface area (Å²) in [5.74, 6) is -1.72. The zero-order valence-electron chi connectivity index (χ0n) is 13.8. The van der Waals surface area contributed by atoms with Gasteiger partial charge in [0.15, 0.2) is 5.69 Å². The molecule has 2 aromatic carbocycles. The zero-order chi connectivity index (χ0) is 20.5. The van der Waals surface area contributed by atoms with Crippen LogP contribution in [0.2, 0.25) is 0 Å². The number of nitrogens with zero attached hydrogens (tertiary/aromatic N) is 2. The van der Waals surface area contributed by atoms with Crippen LogP contribution in [0.3, 0.4) is 0 Å². The molecular weight excluding hydrogens is 402 g/mol. The third kappa shape index (κ3) is 4.03. The van der Waals surface area contributed by atoms with E-state index in [1.807, 2.05) is 0 Å². The highest BCUT2D eigenvalue weighted by atomic mass is 32.2. The molecule has 11 heteroatoms. The minimum atomic E-state index is -4.62. The largest absolute Gasteiger partial charge is 0.416 e. The SMILES string of the molecule is O=C(NS(=O)(=O)c1ccc(C(F)(F)F)cc1)c1ccn(-c2ccccc2F)n1. The van der Waals surface area contributed by atoms with Crippen molar-refractivity contribution in [3.63, 3.8) is 0 Å². The smallest absolute Gasteiger partial charge is 0.266 e. The third-order valence-electron chi connectivity index (χ3n) is 3.64. The number of sulfonamides is 1. The second-order valence-electron chi connectivity index (χ2n) is 5.55. The Morgan fingerprint density at radius 1 is 1.00 bits per heavy atom. The molecule has 3 rings (SSSR count). The van der Waals surface area contributed by atoms with E-state index in [0.717, 1.165) is 16.8 Å². The molecular formula is C17H11F4N3O3S. The molecule has 0 aliphatic rings. The van der Waals surface area contributed by atoms with Crippen LogP contribution in [-0.2, 0) is 16.2 Å². The minimum Gasteiger partial charge on any atom is -0.266 e. The molecule has 0 atom stereocenters. The van der Waals surface area contributed by atoms with Crippen LogP contribution in [0.5, 0.6) is 0 Å². The molecule has 0 unspecified atom stereocenters. The molecule has 28 heavy (non-hydrogen) atoms. The van der Waals surface area contributed by atoms with E-state index in [2.05, 4.69) is 5.10 Å². The highest BCUT2D eigenvalue weighted by Gasteiger charge is 2.31. The monoisotopic (exact) mass is 413 g/mol. The summed E-state index contributed by atoms with van der Waals surface area (Å²) in [5.41, 5.74) is -1.30. The van der Waals surface area contributed by atoms with Crippen molar-refractivity contribution in [1.29, 1.82) is 0 Å². The van der Waals surface area contributed by atoms with Crippen LogP contribution in [-0.4, -0.2) is 24.1 Å². The van der Waals surface area contributed by atoms with Crippen molar-refractivity contribution < 1.29 is 30.8 Å². The maximum atomic E-state index is 13.8. The van der Waals surface area contributed by atoms with Crippen molar-refractivity contribution in [2.75, 3.05) is 0 Å². The molecule has 6 nitrogen and oxygen atoms in total. The van der Waals surface area contributed by atoms with Gasteiger partial charge in [-0.15, -0.1) is 0 Å². The fourth-order valence-electron chi connectivity index (χ4n) is 2.27. The number of rotatable bonds is 4. The second kappa shape index (κ2) is 7.08. The molecule has 1 amide bonds. The quantitative estimate of drug-likeness (QED) is 0.667. The molecule has 1 aromatic heterocycles. The van der Waals surface area contributed by atoms with Crippen LogP contribution in [0, 0.1) is 5.82 Å². The van der Waals surface area contributed by atoms with E-state index >= 15 is 0 Å². The van der Waals surface area contributed by atoms with Crippen molar-refractivity contribution in [2.45, 2.75) is 11.1 Å². The first kappa shape index (κ1) is 19.5. The lowest BCUT2D eigenvalue weighted by Gasteiger charge is -2.09. The number of benzene rings is 2. The number of alkyl halides is 3. The summed E-state index contributed by atoms with van der Waals surface area (Å²) in [4.78, 5) is 11.6. The van der Waals surface area contributed by atoms with Gasteiger partial charge in [0.25, 0.3) is 15.9 Å². The number of hydrogen-bond donors (Lipinski definition) is 1. The van der Waals surface area contributed by atoms with E-state index in [4.69, 9.17) is 0 Å². The van der Waals surface area contributed by atoms with Gasteiger partial charge in [0.1, 0.15) is 11.5 Å². The van der Waals surface area contributed by atoms with Crippen LogP contribution in [0.15, 0.2) is 65.7 Å². The van der Waals surface area contributed by atoms with Crippen LogP contribution in [0.4, 0.5) is 17.6 Å². The Morgan fingerprint density at radius 3 is 2.25 bits per heavy atom. The number of para-hydroxylation sites is 1. The van der Waals surface area contributed by atoms with E-state index in [-0.39, 0.29) is 11.4 Å². The van der Waals surface area contributed by atoms with E-state index in [1.165, 1.54) is 30.5 Å². The van der Waals surface area contributed by atoms with Crippen LogP contribution >= 0.6 is 0 Å². The summed E-state index contributed by atoms with van der Waals surface area (Å²) in [6.07, 6.45) is -3.36. The van der Waals surface area contributed by atoms with Crippen LogP contribution < -0.4 is 4.72 Å². The average Bonchev–Trinajstić information content (AvgIpc) is 3.11.